The van der Waals surface area contributed by atoms with Crippen molar-refractivity contribution in [2.24, 2.45) is 5.73 Å². The number of anilines is 1. The van der Waals surface area contributed by atoms with Gasteiger partial charge in [-0.05, 0) is 31.5 Å². The van der Waals surface area contributed by atoms with Crippen LogP contribution in [0.2, 0.25) is 0 Å². The summed E-state index contributed by atoms with van der Waals surface area (Å²) in [6.45, 7) is 2.15. The number of hydrogen-bond donors (Lipinski definition) is 3. The molecule has 9 heteroatoms. The van der Waals surface area contributed by atoms with Crippen LogP contribution in [-0.4, -0.2) is 34.7 Å². The minimum Gasteiger partial charge on any atom is -0.477 e. The fraction of sp³-hybridized carbons (Fsp3) is 0.238. The van der Waals surface area contributed by atoms with Crippen molar-refractivity contribution in [1.82, 2.24) is 4.98 Å². The van der Waals surface area contributed by atoms with E-state index in [1.807, 2.05) is 6.92 Å². The van der Waals surface area contributed by atoms with Gasteiger partial charge in [-0.25, -0.2) is 18.0 Å². The van der Waals surface area contributed by atoms with E-state index in [4.69, 9.17) is 5.73 Å². The summed E-state index contributed by atoms with van der Waals surface area (Å²) >= 11 is 0. The monoisotopic (exact) mass is 417 g/mol. The molecule has 1 aromatic heterocycles. The van der Waals surface area contributed by atoms with Crippen LogP contribution < -0.4 is 16.1 Å². The predicted octanol–water partition coefficient (Wildman–Crippen LogP) is 3.24. The van der Waals surface area contributed by atoms with Gasteiger partial charge >= 0.3 is 5.97 Å². The average Bonchev–Trinajstić information content (AvgIpc) is 2.99. The summed E-state index contributed by atoms with van der Waals surface area (Å²) < 4.78 is 43.6. The molecule has 6 nitrogen and oxygen atoms in total. The molecule has 2 atom stereocenters. The third-order valence-corrected chi connectivity index (χ3v) is 5.43. The molecule has 0 saturated carbocycles. The highest BCUT2D eigenvalue weighted by Crippen LogP contribution is 2.42. The first-order chi connectivity index (χ1) is 14.2. The maximum absolute atomic E-state index is 15.4. The van der Waals surface area contributed by atoms with Crippen molar-refractivity contribution in [2.75, 3.05) is 11.4 Å². The molecule has 30 heavy (non-hydrogen) atoms. The Labute approximate surface area is 168 Å². The molecule has 4 rings (SSSR count). The fourth-order valence-electron chi connectivity index (χ4n) is 4.10. The smallest absolute Gasteiger partial charge is 0.341 e. The molecule has 1 aliphatic rings. The van der Waals surface area contributed by atoms with Gasteiger partial charge in [-0.1, -0.05) is 0 Å². The van der Waals surface area contributed by atoms with Crippen LogP contribution in [0.5, 0.6) is 0 Å². The summed E-state index contributed by atoms with van der Waals surface area (Å²) in [6, 6.07) is 3.40. The topological polar surface area (TPSA) is 99.4 Å². The highest BCUT2D eigenvalue weighted by atomic mass is 19.1. The number of carboxylic acids is 1. The normalized spacial score (nSPS) is 18.9. The van der Waals surface area contributed by atoms with Gasteiger partial charge in [-0.3, -0.25) is 4.79 Å². The van der Waals surface area contributed by atoms with Gasteiger partial charge in [0.1, 0.15) is 23.0 Å². The number of aromatic amines is 1. The summed E-state index contributed by atoms with van der Waals surface area (Å²) in [5, 5.41) is 8.96. The summed E-state index contributed by atoms with van der Waals surface area (Å²) in [5.74, 6) is -4.05. The highest BCUT2D eigenvalue weighted by molar-refractivity contribution is 6.03. The number of pyridine rings is 1. The van der Waals surface area contributed by atoms with Gasteiger partial charge < -0.3 is 20.7 Å². The van der Waals surface area contributed by atoms with E-state index in [1.165, 1.54) is 0 Å². The number of halogens is 3. The molecule has 2 unspecified atom stereocenters. The number of aromatic nitrogens is 1. The van der Waals surface area contributed by atoms with Crippen LogP contribution in [0.1, 0.15) is 23.7 Å². The summed E-state index contributed by atoms with van der Waals surface area (Å²) in [6.07, 6.45) is 1.57. The second-order valence-electron chi connectivity index (χ2n) is 7.46. The van der Waals surface area contributed by atoms with E-state index in [9.17, 15) is 23.5 Å². The summed E-state index contributed by atoms with van der Waals surface area (Å²) in [7, 11) is 0. The zero-order valence-electron chi connectivity index (χ0n) is 15.9. The Hall–Kier alpha value is -3.33. The molecular formula is C21H18F3N3O3. The van der Waals surface area contributed by atoms with Crippen molar-refractivity contribution in [3.8, 4) is 11.1 Å². The largest absolute Gasteiger partial charge is 0.477 e. The number of carbonyl (C=O) groups is 1. The zero-order valence-corrected chi connectivity index (χ0v) is 15.9. The Balaban J connectivity index is 2.13. The minimum absolute atomic E-state index is 0.0116. The molecule has 0 bridgehead atoms. The van der Waals surface area contributed by atoms with Gasteiger partial charge in [-0.15, -0.1) is 0 Å². The molecule has 0 aliphatic carbocycles. The van der Waals surface area contributed by atoms with Crippen molar-refractivity contribution in [2.45, 2.75) is 25.4 Å². The molecule has 4 N–H and O–H groups in total. The highest BCUT2D eigenvalue weighted by Gasteiger charge is 2.33. The quantitative estimate of drug-likeness (QED) is 0.608. The van der Waals surface area contributed by atoms with Crippen LogP contribution in [0.4, 0.5) is 18.9 Å². The van der Waals surface area contributed by atoms with Gasteiger partial charge in [0, 0.05) is 42.0 Å². The SMILES string of the molecule is CC1CC(N)CN1c1c(F)cc2c(=O)c(C(=O)O)c[nH]c2c1-c1ccc(F)cc1F. The van der Waals surface area contributed by atoms with Crippen molar-refractivity contribution >= 4 is 22.6 Å². The van der Waals surface area contributed by atoms with Gasteiger partial charge in [0.25, 0.3) is 0 Å². The molecule has 0 radical (unpaired) electrons. The predicted molar refractivity (Wildman–Crippen MR) is 106 cm³/mol. The molecule has 1 fully saturated rings. The minimum atomic E-state index is -1.48. The van der Waals surface area contributed by atoms with Crippen molar-refractivity contribution in [1.29, 1.82) is 0 Å². The first-order valence-electron chi connectivity index (χ1n) is 9.27. The van der Waals surface area contributed by atoms with Gasteiger partial charge in [0.15, 0.2) is 0 Å². The second-order valence-corrected chi connectivity index (χ2v) is 7.46. The maximum atomic E-state index is 15.4. The van der Waals surface area contributed by atoms with Crippen molar-refractivity contribution in [3.05, 3.63) is 63.7 Å². The van der Waals surface area contributed by atoms with Crippen LogP contribution in [0.25, 0.3) is 22.0 Å². The number of hydrogen-bond acceptors (Lipinski definition) is 4. The lowest BCUT2D eigenvalue weighted by Gasteiger charge is -2.28. The number of rotatable bonds is 3. The molecular weight excluding hydrogens is 399 g/mol. The molecule has 0 amide bonds. The molecule has 2 heterocycles. The Morgan fingerprint density at radius 1 is 1.23 bits per heavy atom. The van der Waals surface area contributed by atoms with Crippen LogP contribution >= 0.6 is 0 Å². The van der Waals surface area contributed by atoms with Crippen LogP contribution in [-0.2, 0) is 0 Å². The van der Waals surface area contributed by atoms with E-state index < -0.39 is 34.4 Å². The van der Waals surface area contributed by atoms with Crippen LogP contribution in [0.15, 0.2) is 35.3 Å². The molecule has 1 aliphatic heterocycles. The lowest BCUT2D eigenvalue weighted by atomic mass is 9.96. The van der Waals surface area contributed by atoms with E-state index >= 15 is 4.39 Å². The number of H-pyrrole nitrogens is 1. The Bertz CT molecular complexity index is 1240. The van der Waals surface area contributed by atoms with Crippen LogP contribution in [0, 0.1) is 17.5 Å². The molecule has 156 valence electrons. The van der Waals surface area contributed by atoms with E-state index in [0.717, 1.165) is 24.4 Å². The Kier molecular flexibility index (Phi) is 4.77. The van der Waals surface area contributed by atoms with Crippen LogP contribution in [0.3, 0.4) is 0 Å². The second kappa shape index (κ2) is 7.17. The fourth-order valence-corrected chi connectivity index (χ4v) is 4.10. The number of nitrogens with zero attached hydrogens (tertiary/aromatic N) is 1. The number of carboxylic acid groups (broad SMARTS) is 1. The van der Waals surface area contributed by atoms with E-state index in [0.29, 0.717) is 19.0 Å². The average molecular weight is 417 g/mol. The maximum Gasteiger partial charge on any atom is 0.341 e. The van der Waals surface area contributed by atoms with Gasteiger partial charge in [-0.2, -0.15) is 0 Å². The van der Waals surface area contributed by atoms with E-state index in [2.05, 4.69) is 4.98 Å². The zero-order chi connectivity index (χ0) is 21.7. The molecule has 0 spiro atoms. The van der Waals surface area contributed by atoms with E-state index in [-0.39, 0.29) is 39.8 Å². The summed E-state index contributed by atoms with van der Waals surface area (Å²) in [4.78, 5) is 28.3. The first-order valence-corrected chi connectivity index (χ1v) is 9.27. The van der Waals surface area contributed by atoms with E-state index in [1.54, 1.807) is 4.90 Å². The lowest BCUT2D eigenvalue weighted by Crippen LogP contribution is -2.30. The number of aromatic carboxylic acids is 1. The standard InChI is InChI=1S/C21H18F3N3O3/c1-9-4-11(25)8-27(9)19-16(24)6-13-18(26-7-14(20(13)28)21(29)30)17(19)12-3-2-10(22)5-15(12)23/h2-3,5-7,9,11H,4,8,25H2,1H3,(H,26,28)(H,29,30). The number of nitrogens with two attached hydrogens (primary N) is 1. The molecule has 2 aromatic carbocycles. The Morgan fingerprint density at radius 2 is 1.97 bits per heavy atom. The lowest BCUT2D eigenvalue weighted by molar-refractivity contribution is 0.0695. The number of fused-ring (bicyclic) bond motifs is 1. The van der Waals surface area contributed by atoms with Crippen molar-refractivity contribution < 1.29 is 23.1 Å². The molecule has 1 saturated heterocycles. The molecule has 3 aromatic rings. The summed E-state index contributed by atoms with van der Waals surface area (Å²) in [5.41, 5.74) is 4.51. The number of benzene rings is 2. The van der Waals surface area contributed by atoms with Gasteiger partial charge in [0.05, 0.1) is 16.6 Å². The van der Waals surface area contributed by atoms with Gasteiger partial charge in [0.2, 0.25) is 5.43 Å². The Morgan fingerprint density at radius 3 is 2.57 bits per heavy atom. The van der Waals surface area contributed by atoms with Crippen molar-refractivity contribution in [3.63, 3.8) is 0 Å². The third-order valence-electron chi connectivity index (χ3n) is 5.43. The third kappa shape index (κ3) is 3.11. The first kappa shape index (κ1) is 20.0. The number of nitrogens with one attached hydrogen (secondary N) is 1.